The first-order valence-corrected chi connectivity index (χ1v) is 2.27. The Hall–Kier alpha value is 0.500. The number of halogens is 2. The molecule has 0 aliphatic rings. The first-order chi connectivity index (χ1) is 6.87. The zero-order valence-corrected chi connectivity index (χ0v) is 7.02. The molecule has 66 valence electrons. The van der Waals surface area contributed by atoms with Crippen molar-refractivity contribution in [3.05, 3.63) is 0 Å². The quantitative estimate of drug-likeness (QED) is 0.698. The molecule has 0 aromatic rings. The van der Waals surface area contributed by atoms with E-state index in [1.807, 2.05) is 0 Å². The van der Waals surface area contributed by atoms with Gasteiger partial charge in [0.25, 0.3) is 0 Å². The van der Waals surface area contributed by atoms with Crippen LogP contribution in [0.15, 0.2) is 0 Å². The predicted octanol–water partition coefficient (Wildman–Crippen LogP) is 1.31. The topological polar surface area (TPSA) is 52.0 Å². The van der Waals surface area contributed by atoms with Crippen molar-refractivity contribution in [3.8, 4) is 0 Å². The molecule has 0 unspecified atom stereocenters. The van der Waals surface area contributed by atoms with Crippen LogP contribution in [0.4, 0.5) is 0 Å². The van der Waals surface area contributed by atoms with Gasteiger partial charge in [-0.2, -0.15) is 0 Å². The standard InChI is InChI=1S/C6H16N2.2ClH/c7-5-3-1-2-4-6-8;;/h1-8H2;2*1H/i1D2,2D2,3D2,4D2;;. The first-order valence-electron chi connectivity index (χ1n) is 6.27. The van der Waals surface area contributed by atoms with Crippen molar-refractivity contribution in [2.45, 2.75) is 25.5 Å². The summed E-state index contributed by atoms with van der Waals surface area (Å²) < 4.78 is 59.0. The first kappa shape index (κ1) is 3.94. The summed E-state index contributed by atoms with van der Waals surface area (Å²) in [5.41, 5.74) is 10.1. The molecule has 0 heterocycles. The van der Waals surface area contributed by atoms with Gasteiger partial charge in [0.05, 0.1) is 0 Å². The third-order valence-corrected chi connectivity index (χ3v) is 0.443. The van der Waals surface area contributed by atoms with Crippen LogP contribution in [0.25, 0.3) is 0 Å². The van der Waals surface area contributed by atoms with Crippen LogP contribution >= 0.6 is 24.8 Å². The molecule has 0 aromatic carbocycles. The zero-order chi connectivity index (χ0) is 13.4. The van der Waals surface area contributed by atoms with Gasteiger partial charge >= 0.3 is 0 Å². The molecule has 0 aromatic heterocycles. The van der Waals surface area contributed by atoms with Crippen LogP contribution < -0.4 is 11.5 Å². The van der Waals surface area contributed by atoms with E-state index in [0.717, 1.165) is 0 Å². The molecule has 0 rings (SSSR count). The summed E-state index contributed by atoms with van der Waals surface area (Å²) in [5, 5.41) is 0. The summed E-state index contributed by atoms with van der Waals surface area (Å²) in [5.74, 6) is 0. The van der Waals surface area contributed by atoms with Crippen LogP contribution in [-0.4, -0.2) is 13.1 Å². The van der Waals surface area contributed by atoms with Crippen LogP contribution in [0, 0.1) is 0 Å². The normalized spacial score (nSPS) is 25.4. The Morgan fingerprint density at radius 3 is 1.30 bits per heavy atom. The Morgan fingerprint density at radius 2 is 1.10 bits per heavy atom. The van der Waals surface area contributed by atoms with Crippen molar-refractivity contribution in [1.29, 1.82) is 0 Å². The van der Waals surface area contributed by atoms with Crippen molar-refractivity contribution in [2.24, 2.45) is 11.5 Å². The maximum Gasteiger partial charge on any atom is 0.0279 e. The number of hydrogen-bond acceptors (Lipinski definition) is 2. The molecule has 0 spiro atoms. The van der Waals surface area contributed by atoms with E-state index in [1.165, 1.54) is 0 Å². The van der Waals surface area contributed by atoms with Gasteiger partial charge < -0.3 is 11.5 Å². The second-order valence-corrected chi connectivity index (χ2v) is 1.01. The largest absolute Gasteiger partial charge is 0.330 e. The highest BCUT2D eigenvalue weighted by Gasteiger charge is 1.83. The summed E-state index contributed by atoms with van der Waals surface area (Å²) in [6.45, 7) is -1.50. The van der Waals surface area contributed by atoms with E-state index in [1.54, 1.807) is 0 Å². The lowest BCUT2D eigenvalue weighted by atomic mass is 10.2. The molecule has 0 fully saturated rings. The van der Waals surface area contributed by atoms with E-state index < -0.39 is 38.6 Å². The van der Waals surface area contributed by atoms with E-state index >= 15 is 0 Å². The van der Waals surface area contributed by atoms with Gasteiger partial charge in [0, 0.05) is 11.0 Å². The fourth-order valence-corrected chi connectivity index (χ4v) is 0.190. The molecule has 10 heavy (non-hydrogen) atoms. The van der Waals surface area contributed by atoms with Gasteiger partial charge in [-0.3, -0.25) is 0 Å². The van der Waals surface area contributed by atoms with Gasteiger partial charge in [-0.05, 0) is 25.8 Å². The fraction of sp³-hybridized carbons (Fsp3) is 1.00. The average molecular weight is 197 g/mol. The van der Waals surface area contributed by atoms with Gasteiger partial charge in [0.15, 0.2) is 0 Å². The lowest BCUT2D eigenvalue weighted by Crippen LogP contribution is -2.00. The van der Waals surface area contributed by atoms with Gasteiger partial charge in [0.2, 0.25) is 0 Å². The molecular weight excluding hydrogens is 171 g/mol. The van der Waals surface area contributed by atoms with E-state index in [2.05, 4.69) is 0 Å². The second kappa shape index (κ2) is 16.2. The van der Waals surface area contributed by atoms with E-state index in [4.69, 9.17) is 22.4 Å². The highest BCUT2D eigenvalue weighted by molar-refractivity contribution is 5.85. The smallest absolute Gasteiger partial charge is 0.0279 e. The molecule has 4 heteroatoms. The SMILES string of the molecule is Cl.Cl.[2H]C([2H])(CN)C([2H])([2H])C([2H])([2H])C([2H])([2H])CN. The maximum absolute atomic E-state index is 7.43. The molecule has 0 radical (unpaired) electrons. The monoisotopic (exact) mass is 196 g/mol. The van der Waals surface area contributed by atoms with Crippen LogP contribution in [-0.2, 0) is 0 Å². The van der Waals surface area contributed by atoms with Crippen LogP contribution in [0.1, 0.15) is 36.5 Å². The minimum atomic E-state index is -3.09. The molecule has 0 saturated heterocycles. The molecule has 0 bridgehead atoms. The summed E-state index contributed by atoms with van der Waals surface area (Å²) in [4.78, 5) is 0. The molecule has 2 nitrogen and oxygen atoms in total. The molecule has 4 N–H and O–H groups in total. The van der Waals surface area contributed by atoms with Crippen molar-refractivity contribution < 1.29 is 11.0 Å². The Bertz CT molecular complexity index is 234. The summed E-state index contributed by atoms with van der Waals surface area (Å²) in [6, 6.07) is 0. The van der Waals surface area contributed by atoms with Crippen LogP contribution in [0.2, 0.25) is 0 Å². The molecule has 0 amide bonds. The van der Waals surface area contributed by atoms with Crippen LogP contribution in [0.3, 0.4) is 0 Å². The average Bonchev–Trinajstić information content (AvgIpc) is 2.16. The molecule has 0 aliphatic carbocycles. The predicted molar refractivity (Wildman–Crippen MR) is 51.1 cm³/mol. The van der Waals surface area contributed by atoms with Gasteiger partial charge in [0.1, 0.15) is 0 Å². The summed E-state index contributed by atoms with van der Waals surface area (Å²) in [6.07, 6.45) is -11.5. The second-order valence-electron chi connectivity index (χ2n) is 1.01. The lowest BCUT2D eigenvalue weighted by molar-refractivity contribution is 0.653. The molecular formula is C6H18Cl2N2. The Balaban J connectivity index is -0.00000112. The van der Waals surface area contributed by atoms with Crippen molar-refractivity contribution >= 4 is 24.8 Å². The number of rotatable bonds is 5. The highest BCUT2D eigenvalue weighted by atomic mass is 35.5. The van der Waals surface area contributed by atoms with Gasteiger partial charge in [-0.1, -0.05) is 12.7 Å². The lowest BCUT2D eigenvalue weighted by Gasteiger charge is -1.94. The molecule has 0 aliphatic heterocycles. The van der Waals surface area contributed by atoms with E-state index in [0.29, 0.717) is 0 Å². The molecule has 0 saturated carbocycles. The summed E-state index contributed by atoms with van der Waals surface area (Å²) in [7, 11) is 0. The highest BCUT2D eigenvalue weighted by Crippen LogP contribution is 1.95. The Morgan fingerprint density at radius 1 is 0.800 bits per heavy atom. The van der Waals surface area contributed by atoms with Crippen LogP contribution in [0.5, 0.6) is 0 Å². The zero-order valence-electron chi connectivity index (χ0n) is 13.4. The third-order valence-electron chi connectivity index (χ3n) is 0.443. The van der Waals surface area contributed by atoms with Gasteiger partial charge in [-0.25, -0.2) is 0 Å². The van der Waals surface area contributed by atoms with E-state index in [9.17, 15) is 0 Å². The molecule has 0 atom stereocenters. The summed E-state index contributed by atoms with van der Waals surface area (Å²) >= 11 is 0. The fourth-order valence-electron chi connectivity index (χ4n) is 0.190. The Labute approximate surface area is 86.8 Å². The third kappa shape index (κ3) is 15.8. The van der Waals surface area contributed by atoms with E-state index in [-0.39, 0.29) is 24.8 Å². The van der Waals surface area contributed by atoms with Crippen molar-refractivity contribution in [1.82, 2.24) is 0 Å². The minimum Gasteiger partial charge on any atom is -0.330 e. The Kier molecular flexibility index (Phi) is 6.41. The van der Waals surface area contributed by atoms with Crippen molar-refractivity contribution in [3.63, 3.8) is 0 Å². The van der Waals surface area contributed by atoms with Gasteiger partial charge in [-0.15, -0.1) is 24.8 Å². The number of nitrogens with two attached hydrogens (primary N) is 2. The minimum absolute atomic E-state index is 0. The maximum atomic E-state index is 7.43. The van der Waals surface area contributed by atoms with Crippen molar-refractivity contribution in [2.75, 3.05) is 13.1 Å². The number of hydrogen-bond donors (Lipinski definition) is 2.